The van der Waals surface area contributed by atoms with Crippen molar-refractivity contribution in [3.8, 4) is 0 Å². The molecule has 0 aromatic rings. The summed E-state index contributed by atoms with van der Waals surface area (Å²) in [6, 6.07) is -2.97. The molecular formula is C27H46N4O21. The van der Waals surface area contributed by atoms with Crippen LogP contribution in [0.5, 0.6) is 0 Å². The van der Waals surface area contributed by atoms with Gasteiger partial charge in [-0.25, -0.2) is 0 Å². The number of hydrogen-bond donors (Lipinski definition) is 15. The summed E-state index contributed by atoms with van der Waals surface area (Å²) in [7, 11) is 0. The minimum Gasteiger partial charge on any atom is -0.480 e. The number of rotatable bonds is 17. The van der Waals surface area contributed by atoms with E-state index >= 15 is 0 Å². The van der Waals surface area contributed by atoms with Crippen molar-refractivity contribution >= 4 is 23.7 Å². The SMILES string of the molecule is N[C@@H](CO)C(=O)NCC(=O)N[C@@H](CO[C@@H]1OC[C@@H](O[C@@H]2O[C@H](CO)[C@H](O)[C@H](O[C@@H]3O[C@H](CO)[C@H](O)[C@H](O)[C@H]3O)[C@H]2O)[C@H](O)[C@H]1O)C(=O)NCC(=O)O. The minimum absolute atomic E-state index is 0.598. The summed E-state index contributed by atoms with van der Waals surface area (Å²) in [5, 5.41) is 117. The predicted octanol–water partition coefficient (Wildman–Crippen LogP) is -10.8. The maximum Gasteiger partial charge on any atom is 0.322 e. The molecule has 0 aromatic carbocycles. The van der Waals surface area contributed by atoms with Crippen molar-refractivity contribution in [2.24, 2.45) is 5.73 Å². The van der Waals surface area contributed by atoms with Crippen molar-refractivity contribution in [3.63, 3.8) is 0 Å². The molecule has 3 aliphatic heterocycles. The van der Waals surface area contributed by atoms with Gasteiger partial charge in [-0.2, -0.15) is 0 Å². The molecule has 25 heteroatoms. The Bertz CT molecular complexity index is 1190. The summed E-state index contributed by atoms with van der Waals surface area (Å²) in [6.45, 7) is -5.35. The Morgan fingerprint density at radius 3 is 1.88 bits per heavy atom. The first-order chi connectivity index (χ1) is 24.5. The molecule has 0 unspecified atom stereocenters. The van der Waals surface area contributed by atoms with Crippen LogP contribution >= 0.6 is 0 Å². The lowest BCUT2D eigenvalue weighted by Gasteiger charge is -2.47. The molecule has 3 heterocycles. The van der Waals surface area contributed by atoms with Gasteiger partial charge >= 0.3 is 5.97 Å². The molecule has 0 radical (unpaired) electrons. The molecule has 300 valence electrons. The van der Waals surface area contributed by atoms with Crippen molar-refractivity contribution in [1.82, 2.24) is 16.0 Å². The van der Waals surface area contributed by atoms with Crippen molar-refractivity contribution < 1.29 is 104 Å². The molecule has 52 heavy (non-hydrogen) atoms. The Labute approximate surface area is 293 Å². The fourth-order valence-corrected chi connectivity index (χ4v) is 5.15. The van der Waals surface area contributed by atoms with Crippen LogP contribution in [0.15, 0.2) is 0 Å². The maximum atomic E-state index is 12.6. The number of carbonyl (C=O) groups excluding carboxylic acids is 3. The fourth-order valence-electron chi connectivity index (χ4n) is 5.15. The van der Waals surface area contributed by atoms with Crippen molar-refractivity contribution in [1.29, 1.82) is 0 Å². The first-order valence-electron chi connectivity index (χ1n) is 15.8. The monoisotopic (exact) mass is 762 g/mol. The van der Waals surface area contributed by atoms with Crippen molar-refractivity contribution in [2.45, 2.75) is 98.1 Å². The highest BCUT2D eigenvalue weighted by Gasteiger charge is 2.52. The van der Waals surface area contributed by atoms with Gasteiger partial charge in [-0.05, 0) is 0 Å². The van der Waals surface area contributed by atoms with E-state index in [0.29, 0.717) is 0 Å². The van der Waals surface area contributed by atoms with Gasteiger partial charge in [-0.3, -0.25) is 19.2 Å². The molecule has 0 saturated carbocycles. The third kappa shape index (κ3) is 11.1. The molecule has 0 aliphatic carbocycles. The number of ether oxygens (including phenoxy) is 6. The van der Waals surface area contributed by atoms with Crippen LogP contribution < -0.4 is 21.7 Å². The van der Waals surface area contributed by atoms with Crippen LogP contribution in [0.4, 0.5) is 0 Å². The quantitative estimate of drug-likeness (QED) is 0.0654. The summed E-state index contributed by atoms with van der Waals surface area (Å²) >= 11 is 0. The third-order valence-corrected chi connectivity index (χ3v) is 8.15. The Kier molecular flexibility index (Phi) is 16.8. The zero-order valence-corrected chi connectivity index (χ0v) is 27.3. The van der Waals surface area contributed by atoms with Crippen LogP contribution in [-0.2, 0) is 47.6 Å². The molecule has 25 nitrogen and oxygen atoms in total. The van der Waals surface area contributed by atoms with Crippen LogP contribution in [0.2, 0.25) is 0 Å². The lowest BCUT2D eigenvalue weighted by Crippen LogP contribution is -2.66. The van der Waals surface area contributed by atoms with Crippen LogP contribution in [0.1, 0.15) is 0 Å². The number of aliphatic carboxylic acids is 1. The molecule has 3 amide bonds. The van der Waals surface area contributed by atoms with E-state index in [4.69, 9.17) is 44.4 Å². The lowest BCUT2D eigenvalue weighted by molar-refractivity contribution is -0.373. The van der Waals surface area contributed by atoms with Gasteiger partial charge in [0, 0.05) is 0 Å². The Morgan fingerprint density at radius 1 is 0.712 bits per heavy atom. The minimum atomic E-state index is -1.97. The van der Waals surface area contributed by atoms with E-state index in [1.807, 2.05) is 5.32 Å². The number of nitrogens with two attached hydrogens (primary N) is 1. The average molecular weight is 763 g/mol. The van der Waals surface area contributed by atoms with Gasteiger partial charge in [-0.1, -0.05) is 0 Å². The number of amides is 3. The van der Waals surface area contributed by atoms with E-state index in [1.165, 1.54) is 0 Å². The van der Waals surface area contributed by atoms with E-state index in [-0.39, 0.29) is 0 Å². The van der Waals surface area contributed by atoms with E-state index in [9.17, 15) is 65.1 Å². The van der Waals surface area contributed by atoms with E-state index in [2.05, 4.69) is 10.6 Å². The van der Waals surface area contributed by atoms with E-state index in [1.54, 1.807) is 0 Å². The second kappa shape index (κ2) is 20.0. The standard InChI is InChI=1S/C27H46N4O21/c28-8(3-32)23(45)29-1-13(35)31-9(24(46)30-2-14(36)37)6-47-25-19(42)16(39)12(7-48-25)51-27-21(44)22(17(40)11(5-34)50-27)52-26-20(43)18(41)15(38)10(4-33)49-26/h8-12,15-22,25-27,32-34,38-44H,1-7,28H2,(H,29,45)(H,30,46)(H,31,35)(H,36,37)/t8-,9-,10+,11+,12+,15-,16-,17-,18-,19+,20+,21+,22-,25+,26-,27-/m0/s1. The van der Waals surface area contributed by atoms with Crippen LogP contribution in [-0.4, -0.2) is 224 Å². The number of carboxylic acids is 1. The second-order valence-corrected chi connectivity index (χ2v) is 11.9. The largest absolute Gasteiger partial charge is 0.480 e. The molecule has 3 rings (SSSR count). The van der Waals surface area contributed by atoms with E-state index in [0.717, 1.165) is 0 Å². The van der Waals surface area contributed by atoms with E-state index < -0.39 is 168 Å². The highest BCUT2D eigenvalue weighted by molar-refractivity contribution is 5.92. The third-order valence-electron chi connectivity index (χ3n) is 8.15. The van der Waals surface area contributed by atoms with Crippen molar-refractivity contribution in [2.75, 3.05) is 46.1 Å². The molecule has 3 fully saturated rings. The number of hydrogen-bond acceptors (Lipinski definition) is 21. The lowest BCUT2D eigenvalue weighted by atomic mass is 9.96. The number of carboxylic acid groups (broad SMARTS) is 1. The first-order valence-corrected chi connectivity index (χ1v) is 15.8. The zero-order chi connectivity index (χ0) is 38.9. The predicted molar refractivity (Wildman–Crippen MR) is 160 cm³/mol. The molecular weight excluding hydrogens is 716 g/mol. The average Bonchev–Trinajstić information content (AvgIpc) is 3.12. The van der Waals surface area contributed by atoms with Gasteiger partial charge < -0.3 is 106 Å². The summed E-state index contributed by atoms with van der Waals surface area (Å²) in [5.41, 5.74) is 5.34. The van der Waals surface area contributed by atoms with Gasteiger partial charge in [0.1, 0.15) is 85.8 Å². The molecule has 16 N–H and O–H groups in total. The van der Waals surface area contributed by atoms with Gasteiger partial charge in [0.25, 0.3) is 0 Å². The Morgan fingerprint density at radius 2 is 1.29 bits per heavy atom. The number of aliphatic hydroxyl groups excluding tert-OH is 10. The molecule has 16 atom stereocenters. The number of aliphatic hydroxyl groups is 10. The summed E-state index contributed by atoms with van der Waals surface area (Å²) in [4.78, 5) is 47.6. The molecule has 0 aromatic heterocycles. The summed E-state index contributed by atoms with van der Waals surface area (Å²) in [5.74, 6) is -4.35. The van der Waals surface area contributed by atoms with Gasteiger partial charge in [0.05, 0.1) is 39.6 Å². The van der Waals surface area contributed by atoms with Crippen LogP contribution in [0.25, 0.3) is 0 Å². The second-order valence-electron chi connectivity index (χ2n) is 11.9. The highest BCUT2D eigenvalue weighted by Crippen LogP contribution is 2.31. The van der Waals surface area contributed by atoms with Crippen molar-refractivity contribution in [3.05, 3.63) is 0 Å². The molecule has 0 bridgehead atoms. The Hall–Kier alpha value is -2.80. The number of carbonyl (C=O) groups is 4. The van der Waals surface area contributed by atoms with Crippen LogP contribution in [0, 0.1) is 0 Å². The molecule has 0 spiro atoms. The summed E-state index contributed by atoms with van der Waals surface area (Å²) in [6.07, 6.45) is -24.7. The Balaban J connectivity index is 1.63. The molecule has 3 saturated heterocycles. The number of nitrogens with one attached hydrogen (secondary N) is 3. The fraction of sp³-hybridized carbons (Fsp3) is 0.852. The van der Waals surface area contributed by atoms with Gasteiger partial charge in [-0.15, -0.1) is 0 Å². The topological polar surface area (TPSA) is 408 Å². The maximum absolute atomic E-state index is 12.6. The normalized spacial score (nSPS) is 37.8. The van der Waals surface area contributed by atoms with Gasteiger partial charge in [0.2, 0.25) is 17.7 Å². The summed E-state index contributed by atoms with van der Waals surface area (Å²) < 4.78 is 32.5. The van der Waals surface area contributed by atoms with Crippen LogP contribution in [0.3, 0.4) is 0 Å². The zero-order valence-electron chi connectivity index (χ0n) is 27.3. The molecule has 3 aliphatic rings. The van der Waals surface area contributed by atoms with Gasteiger partial charge in [0.15, 0.2) is 18.9 Å². The smallest absolute Gasteiger partial charge is 0.322 e. The first kappa shape index (κ1) is 43.6. The highest BCUT2D eigenvalue weighted by atomic mass is 16.8.